The number of rotatable bonds is 3. The summed E-state index contributed by atoms with van der Waals surface area (Å²) >= 11 is 0. The predicted molar refractivity (Wildman–Crippen MR) is 48.6 cm³/mol. The first kappa shape index (κ1) is 10.9. The molecule has 0 aromatic rings. The van der Waals surface area contributed by atoms with Crippen LogP contribution < -0.4 is 5.32 Å². The lowest BCUT2D eigenvalue weighted by Crippen LogP contribution is -2.40. The van der Waals surface area contributed by atoms with E-state index in [0.29, 0.717) is 5.92 Å². The van der Waals surface area contributed by atoms with E-state index in [1.807, 2.05) is 13.8 Å². The maximum atomic E-state index is 9.18. The Balaban J connectivity index is 3.54. The Kier molecular flexibility index (Phi) is 4.04. The molecule has 2 atom stereocenters. The van der Waals surface area contributed by atoms with Crippen LogP contribution in [0.4, 0.5) is 0 Å². The highest BCUT2D eigenvalue weighted by Gasteiger charge is 2.13. The molecular formula is C9H21NO. The Morgan fingerprint density at radius 3 is 2.00 bits per heavy atom. The van der Waals surface area contributed by atoms with E-state index >= 15 is 0 Å². The van der Waals surface area contributed by atoms with Gasteiger partial charge >= 0.3 is 0 Å². The second-order valence-electron chi connectivity index (χ2n) is 4.35. The topological polar surface area (TPSA) is 32.3 Å². The van der Waals surface area contributed by atoms with Crippen molar-refractivity contribution in [3.8, 4) is 0 Å². The number of hydrogen-bond acceptors (Lipinski definition) is 2. The van der Waals surface area contributed by atoms with Gasteiger partial charge in [0.25, 0.3) is 0 Å². The van der Waals surface area contributed by atoms with Crippen LogP contribution in [0.15, 0.2) is 0 Å². The SMILES string of the molecule is CC(O)[C@@H](C)CNC(C)(C)C. The minimum Gasteiger partial charge on any atom is -0.393 e. The lowest BCUT2D eigenvalue weighted by molar-refractivity contribution is 0.129. The highest BCUT2D eigenvalue weighted by molar-refractivity contribution is 4.73. The lowest BCUT2D eigenvalue weighted by Gasteiger charge is -2.24. The fourth-order valence-corrected chi connectivity index (χ4v) is 0.638. The van der Waals surface area contributed by atoms with Crippen molar-refractivity contribution in [1.82, 2.24) is 5.32 Å². The van der Waals surface area contributed by atoms with Crippen LogP contribution in [0.1, 0.15) is 34.6 Å². The molecule has 0 radical (unpaired) electrons. The van der Waals surface area contributed by atoms with E-state index in [-0.39, 0.29) is 11.6 Å². The van der Waals surface area contributed by atoms with Crippen molar-refractivity contribution in [2.75, 3.05) is 6.54 Å². The van der Waals surface area contributed by atoms with Gasteiger partial charge in [-0.1, -0.05) is 6.92 Å². The largest absolute Gasteiger partial charge is 0.393 e. The molecule has 0 aliphatic carbocycles. The quantitative estimate of drug-likeness (QED) is 0.652. The summed E-state index contributed by atoms with van der Waals surface area (Å²) in [4.78, 5) is 0. The summed E-state index contributed by atoms with van der Waals surface area (Å²) < 4.78 is 0. The van der Waals surface area contributed by atoms with Gasteiger partial charge in [0.1, 0.15) is 0 Å². The number of aliphatic hydroxyl groups excluding tert-OH is 1. The third-order valence-corrected chi connectivity index (χ3v) is 1.78. The van der Waals surface area contributed by atoms with E-state index in [9.17, 15) is 5.11 Å². The van der Waals surface area contributed by atoms with Gasteiger partial charge in [-0.25, -0.2) is 0 Å². The third kappa shape index (κ3) is 6.32. The molecule has 0 bridgehead atoms. The van der Waals surface area contributed by atoms with Gasteiger partial charge in [-0.2, -0.15) is 0 Å². The zero-order valence-corrected chi connectivity index (χ0v) is 8.31. The van der Waals surface area contributed by atoms with Gasteiger partial charge in [0.05, 0.1) is 6.10 Å². The molecule has 0 saturated heterocycles. The molecule has 0 amide bonds. The molecule has 0 aliphatic rings. The third-order valence-electron chi connectivity index (χ3n) is 1.78. The Morgan fingerprint density at radius 2 is 1.73 bits per heavy atom. The van der Waals surface area contributed by atoms with E-state index in [1.54, 1.807) is 0 Å². The van der Waals surface area contributed by atoms with Gasteiger partial charge in [0.15, 0.2) is 0 Å². The zero-order valence-electron chi connectivity index (χ0n) is 8.31. The van der Waals surface area contributed by atoms with Crippen molar-refractivity contribution in [2.24, 2.45) is 5.92 Å². The standard InChI is InChI=1S/C9H21NO/c1-7(8(2)11)6-10-9(3,4)5/h7-8,10-11H,6H2,1-5H3/t7-,8?/m0/s1. The summed E-state index contributed by atoms with van der Waals surface area (Å²) in [6, 6.07) is 0. The van der Waals surface area contributed by atoms with Crippen LogP contribution in [-0.2, 0) is 0 Å². The monoisotopic (exact) mass is 159 g/mol. The van der Waals surface area contributed by atoms with E-state index in [2.05, 4.69) is 26.1 Å². The fraction of sp³-hybridized carbons (Fsp3) is 1.00. The second kappa shape index (κ2) is 4.07. The fourth-order valence-electron chi connectivity index (χ4n) is 0.638. The summed E-state index contributed by atoms with van der Waals surface area (Å²) in [5, 5.41) is 12.5. The molecule has 0 aromatic heterocycles. The zero-order chi connectivity index (χ0) is 9.07. The molecule has 11 heavy (non-hydrogen) atoms. The normalized spacial score (nSPS) is 18.0. The Bertz CT molecular complexity index is 105. The highest BCUT2D eigenvalue weighted by atomic mass is 16.3. The molecule has 0 aromatic carbocycles. The van der Waals surface area contributed by atoms with Crippen LogP contribution in [0, 0.1) is 5.92 Å². The summed E-state index contributed by atoms with van der Waals surface area (Å²) in [5.41, 5.74) is 0.156. The van der Waals surface area contributed by atoms with Gasteiger partial charge in [-0.3, -0.25) is 0 Å². The van der Waals surface area contributed by atoms with Crippen molar-refractivity contribution < 1.29 is 5.11 Å². The van der Waals surface area contributed by atoms with Crippen LogP contribution in [-0.4, -0.2) is 23.3 Å². The first-order valence-corrected chi connectivity index (χ1v) is 4.26. The molecule has 0 saturated carbocycles. The molecule has 68 valence electrons. The highest BCUT2D eigenvalue weighted by Crippen LogP contribution is 2.04. The van der Waals surface area contributed by atoms with Crippen molar-refractivity contribution in [2.45, 2.75) is 46.3 Å². The second-order valence-corrected chi connectivity index (χ2v) is 4.35. The maximum Gasteiger partial charge on any atom is 0.0549 e. The van der Waals surface area contributed by atoms with E-state index in [4.69, 9.17) is 0 Å². The molecule has 0 aliphatic heterocycles. The van der Waals surface area contributed by atoms with Gasteiger partial charge in [0, 0.05) is 12.1 Å². The van der Waals surface area contributed by atoms with Crippen LogP contribution in [0.25, 0.3) is 0 Å². The van der Waals surface area contributed by atoms with Crippen LogP contribution in [0.3, 0.4) is 0 Å². The van der Waals surface area contributed by atoms with Gasteiger partial charge in [-0.05, 0) is 33.6 Å². The average Bonchev–Trinajstić information content (AvgIpc) is 1.80. The first-order chi connectivity index (χ1) is 4.83. The summed E-state index contributed by atoms with van der Waals surface area (Å²) in [6.45, 7) is 11.1. The van der Waals surface area contributed by atoms with Crippen molar-refractivity contribution >= 4 is 0 Å². The average molecular weight is 159 g/mol. The van der Waals surface area contributed by atoms with Gasteiger partial charge in [0.2, 0.25) is 0 Å². The minimum absolute atomic E-state index is 0.156. The van der Waals surface area contributed by atoms with Crippen LogP contribution in [0.5, 0.6) is 0 Å². The predicted octanol–water partition coefficient (Wildman–Crippen LogP) is 1.39. The van der Waals surface area contributed by atoms with E-state index in [0.717, 1.165) is 6.54 Å². The first-order valence-electron chi connectivity index (χ1n) is 4.26. The molecule has 0 fully saturated rings. The Morgan fingerprint density at radius 1 is 1.27 bits per heavy atom. The van der Waals surface area contributed by atoms with Crippen LogP contribution in [0.2, 0.25) is 0 Å². The number of nitrogens with one attached hydrogen (secondary N) is 1. The number of aliphatic hydroxyl groups is 1. The van der Waals surface area contributed by atoms with Crippen molar-refractivity contribution in [3.63, 3.8) is 0 Å². The lowest BCUT2D eigenvalue weighted by atomic mass is 10.0. The summed E-state index contributed by atoms with van der Waals surface area (Å²) in [7, 11) is 0. The van der Waals surface area contributed by atoms with Crippen molar-refractivity contribution in [1.29, 1.82) is 0 Å². The molecule has 2 N–H and O–H groups in total. The molecule has 1 unspecified atom stereocenters. The summed E-state index contributed by atoms with van der Waals surface area (Å²) in [6.07, 6.45) is -0.218. The molecular weight excluding hydrogens is 138 g/mol. The van der Waals surface area contributed by atoms with Gasteiger partial charge < -0.3 is 10.4 Å². The maximum absolute atomic E-state index is 9.18. The molecule has 0 rings (SSSR count). The Labute approximate surface area is 70.0 Å². The van der Waals surface area contributed by atoms with Crippen LogP contribution >= 0.6 is 0 Å². The van der Waals surface area contributed by atoms with Crippen molar-refractivity contribution in [3.05, 3.63) is 0 Å². The smallest absolute Gasteiger partial charge is 0.0549 e. The summed E-state index contributed by atoms with van der Waals surface area (Å²) in [5.74, 6) is 0.328. The van der Waals surface area contributed by atoms with Gasteiger partial charge in [-0.15, -0.1) is 0 Å². The minimum atomic E-state index is -0.218. The molecule has 2 nitrogen and oxygen atoms in total. The van der Waals surface area contributed by atoms with E-state index < -0.39 is 0 Å². The Hall–Kier alpha value is -0.0800. The molecule has 0 spiro atoms. The molecule has 0 heterocycles. The van der Waals surface area contributed by atoms with E-state index in [1.165, 1.54) is 0 Å². The number of hydrogen-bond donors (Lipinski definition) is 2. The molecule has 2 heteroatoms.